The Labute approximate surface area is 153 Å². The van der Waals surface area contributed by atoms with E-state index in [-0.39, 0.29) is 11.5 Å². The van der Waals surface area contributed by atoms with E-state index in [1.807, 2.05) is 18.2 Å². The number of thiazole rings is 1. The van der Waals surface area contributed by atoms with Crippen LogP contribution in [0.1, 0.15) is 15.9 Å². The first-order valence-electron chi connectivity index (χ1n) is 8.34. The van der Waals surface area contributed by atoms with Crippen molar-refractivity contribution in [2.45, 2.75) is 6.92 Å². The number of ether oxygens (including phenoxy) is 1. The number of carbonyl (C=O) groups excluding carboxylic acids is 1. The molecule has 0 aliphatic carbocycles. The van der Waals surface area contributed by atoms with Crippen LogP contribution in [0.4, 0.5) is 10.8 Å². The van der Waals surface area contributed by atoms with E-state index in [0.717, 1.165) is 41.7 Å². The van der Waals surface area contributed by atoms with Gasteiger partial charge in [-0.2, -0.15) is 0 Å². The SMILES string of the molecule is Cc1cc(=O)[nH]cc1C(=O)Nc1ccc2nc(N3CCOCC3)sc2c1. The summed E-state index contributed by atoms with van der Waals surface area (Å²) in [5, 5.41) is 3.86. The molecule has 1 saturated heterocycles. The van der Waals surface area contributed by atoms with E-state index in [1.54, 1.807) is 18.3 Å². The van der Waals surface area contributed by atoms with Gasteiger partial charge < -0.3 is 19.9 Å². The molecule has 0 bridgehead atoms. The molecule has 1 amide bonds. The van der Waals surface area contributed by atoms with E-state index in [4.69, 9.17) is 4.74 Å². The standard InChI is InChI=1S/C18H18N4O3S/c1-11-8-16(23)19-10-13(11)17(24)20-12-2-3-14-15(9-12)26-18(21-14)22-4-6-25-7-5-22/h2-3,8-10H,4-7H2,1H3,(H,19,23)(H,20,24). The molecule has 134 valence electrons. The number of morpholine rings is 1. The van der Waals surface area contributed by atoms with Gasteiger partial charge in [-0.15, -0.1) is 0 Å². The lowest BCUT2D eigenvalue weighted by atomic mass is 10.1. The summed E-state index contributed by atoms with van der Waals surface area (Å²) in [4.78, 5) is 33.2. The summed E-state index contributed by atoms with van der Waals surface area (Å²) in [6, 6.07) is 7.08. The average Bonchev–Trinajstić information content (AvgIpc) is 3.05. The first-order valence-corrected chi connectivity index (χ1v) is 9.16. The molecular weight excluding hydrogens is 352 g/mol. The highest BCUT2D eigenvalue weighted by molar-refractivity contribution is 7.22. The molecule has 4 rings (SSSR count). The van der Waals surface area contributed by atoms with Crippen LogP contribution in [0.2, 0.25) is 0 Å². The highest BCUT2D eigenvalue weighted by atomic mass is 32.1. The van der Waals surface area contributed by atoms with Crippen molar-refractivity contribution in [2.24, 2.45) is 0 Å². The van der Waals surface area contributed by atoms with Gasteiger partial charge in [0.2, 0.25) is 5.56 Å². The normalized spacial score (nSPS) is 14.6. The number of nitrogens with one attached hydrogen (secondary N) is 2. The summed E-state index contributed by atoms with van der Waals surface area (Å²) in [5.74, 6) is -0.254. The van der Waals surface area contributed by atoms with E-state index < -0.39 is 0 Å². The fourth-order valence-electron chi connectivity index (χ4n) is 2.90. The van der Waals surface area contributed by atoms with Crippen molar-refractivity contribution in [1.82, 2.24) is 9.97 Å². The third-order valence-corrected chi connectivity index (χ3v) is 5.37. The Morgan fingerprint density at radius 1 is 1.31 bits per heavy atom. The van der Waals surface area contributed by atoms with Crippen molar-refractivity contribution in [1.29, 1.82) is 0 Å². The van der Waals surface area contributed by atoms with Gasteiger partial charge in [-0.05, 0) is 30.7 Å². The Morgan fingerprint density at radius 2 is 2.12 bits per heavy atom. The highest BCUT2D eigenvalue weighted by Crippen LogP contribution is 2.31. The molecule has 7 nitrogen and oxygen atoms in total. The van der Waals surface area contributed by atoms with E-state index in [1.165, 1.54) is 12.3 Å². The molecule has 0 radical (unpaired) electrons. The first kappa shape index (κ1) is 16.7. The van der Waals surface area contributed by atoms with Crippen LogP contribution in [0.3, 0.4) is 0 Å². The van der Waals surface area contributed by atoms with Crippen molar-refractivity contribution in [2.75, 3.05) is 36.5 Å². The van der Waals surface area contributed by atoms with Crippen LogP contribution < -0.4 is 15.8 Å². The van der Waals surface area contributed by atoms with Crippen LogP contribution in [-0.2, 0) is 4.74 Å². The van der Waals surface area contributed by atoms with Crippen molar-refractivity contribution in [3.05, 3.63) is 51.9 Å². The zero-order valence-corrected chi connectivity index (χ0v) is 15.1. The third-order valence-electron chi connectivity index (χ3n) is 4.29. The molecule has 3 heterocycles. The number of aromatic amines is 1. The van der Waals surface area contributed by atoms with E-state index >= 15 is 0 Å². The van der Waals surface area contributed by atoms with Gasteiger partial charge >= 0.3 is 0 Å². The van der Waals surface area contributed by atoms with E-state index in [9.17, 15) is 9.59 Å². The topological polar surface area (TPSA) is 87.3 Å². The number of nitrogens with zero attached hydrogens (tertiary/aromatic N) is 2. The molecule has 0 saturated carbocycles. The van der Waals surface area contributed by atoms with Crippen molar-refractivity contribution in [3.8, 4) is 0 Å². The number of hydrogen-bond donors (Lipinski definition) is 2. The second-order valence-electron chi connectivity index (χ2n) is 6.13. The maximum absolute atomic E-state index is 12.5. The minimum atomic E-state index is -0.254. The van der Waals surface area contributed by atoms with Gasteiger partial charge in [-0.25, -0.2) is 4.98 Å². The van der Waals surface area contributed by atoms with Crippen LogP contribution in [-0.4, -0.2) is 42.2 Å². The Kier molecular flexibility index (Phi) is 4.44. The number of benzene rings is 1. The van der Waals surface area contributed by atoms with E-state index in [0.29, 0.717) is 16.8 Å². The molecular formula is C18H18N4O3S. The van der Waals surface area contributed by atoms with Gasteiger partial charge in [0.25, 0.3) is 5.91 Å². The van der Waals surface area contributed by atoms with Crippen molar-refractivity contribution in [3.63, 3.8) is 0 Å². The third kappa shape index (κ3) is 3.33. The highest BCUT2D eigenvalue weighted by Gasteiger charge is 2.16. The molecule has 1 aliphatic heterocycles. The number of H-pyrrole nitrogens is 1. The van der Waals surface area contributed by atoms with Crippen LogP contribution in [0.25, 0.3) is 10.2 Å². The molecule has 0 unspecified atom stereocenters. The number of rotatable bonds is 3. The Bertz CT molecular complexity index is 1020. The molecule has 3 aromatic rings. The number of hydrogen-bond acceptors (Lipinski definition) is 6. The number of amides is 1. The van der Waals surface area contributed by atoms with E-state index in [2.05, 4.69) is 20.2 Å². The monoisotopic (exact) mass is 370 g/mol. The van der Waals surface area contributed by atoms with Crippen molar-refractivity contribution >= 4 is 38.3 Å². The molecule has 26 heavy (non-hydrogen) atoms. The Balaban J connectivity index is 1.57. The lowest BCUT2D eigenvalue weighted by Gasteiger charge is -2.25. The predicted octanol–water partition coefficient (Wildman–Crippen LogP) is 2.38. The molecule has 2 aromatic heterocycles. The van der Waals surface area contributed by atoms with Crippen LogP contribution in [0, 0.1) is 6.92 Å². The molecule has 0 atom stereocenters. The lowest BCUT2D eigenvalue weighted by molar-refractivity contribution is 0.102. The molecule has 1 aliphatic rings. The number of aromatic nitrogens is 2. The fraction of sp³-hybridized carbons (Fsp3) is 0.278. The summed E-state index contributed by atoms with van der Waals surface area (Å²) in [5.41, 5.74) is 2.48. The molecule has 8 heteroatoms. The summed E-state index contributed by atoms with van der Waals surface area (Å²) >= 11 is 1.61. The minimum absolute atomic E-state index is 0.222. The number of pyridine rings is 1. The summed E-state index contributed by atoms with van der Waals surface area (Å²) in [6.45, 7) is 4.86. The number of carbonyl (C=O) groups is 1. The average molecular weight is 370 g/mol. The zero-order chi connectivity index (χ0) is 18.1. The largest absolute Gasteiger partial charge is 0.378 e. The van der Waals surface area contributed by atoms with Gasteiger partial charge in [0.1, 0.15) is 0 Å². The second kappa shape index (κ2) is 6.89. The van der Waals surface area contributed by atoms with Crippen molar-refractivity contribution < 1.29 is 9.53 Å². The molecule has 0 spiro atoms. The maximum Gasteiger partial charge on any atom is 0.257 e. The van der Waals surface area contributed by atoms with Crippen LogP contribution in [0.5, 0.6) is 0 Å². The summed E-state index contributed by atoms with van der Waals surface area (Å²) in [6.07, 6.45) is 1.44. The van der Waals surface area contributed by atoms with Crippen LogP contribution in [0.15, 0.2) is 35.3 Å². The summed E-state index contributed by atoms with van der Waals surface area (Å²) in [7, 11) is 0. The number of anilines is 2. The number of fused-ring (bicyclic) bond motifs is 1. The van der Waals surface area contributed by atoms with Gasteiger partial charge in [0.15, 0.2) is 5.13 Å². The minimum Gasteiger partial charge on any atom is -0.378 e. The second-order valence-corrected chi connectivity index (χ2v) is 7.14. The smallest absolute Gasteiger partial charge is 0.257 e. The molecule has 1 aromatic carbocycles. The van der Waals surface area contributed by atoms with Crippen LogP contribution >= 0.6 is 11.3 Å². The van der Waals surface area contributed by atoms with Gasteiger partial charge in [-0.1, -0.05) is 11.3 Å². The van der Waals surface area contributed by atoms with Gasteiger partial charge in [0.05, 0.1) is 29.0 Å². The molecule has 2 N–H and O–H groups in total. The lowest BCUT2D eigenvalue weighted by Crippen LogP contribution is -2.36. The Hall–Kier alpha value is -2.71. The predicted molar refractivity (Wildman–Crippen MR) is 102 cm³/mol. The number of aryl methyl sites for hydroxylation is 1. The van der Waals surface area contributed by atoms with Gasteiger partial charge in [-0.3, -0.25) is 9.59 Å². The maximum atomic E-state index is 12.5. The fourth-order valence-corrected chi connectivity index (χ4v) is 3.95. The Morgan fingerprint density at radius 3 is 2.88 bits per heavy atom. The molecule has 1 fully saturated rings. The first-order chi connectivity index (χ1) is 12.6. The summed E-state index contributed by atoms with van der Waals surface area (Å²) < 4.78 is 6.40. The van der Waals surface area contributed by atoms with Gasteiger partial charge in [0, 0.05) is 31.0 Å². The zero-order valence-electron chi connectivity index (χ0n) is 14.2. The quantitative estimate of drug-likeness (QED) is 0.739.